The molecule has 0 heterocycles. The zero-order chi connectivity index (χ0) is 41.2. The van der Waals surface area contributed by atoms with Gasteiger partial charge < -0.3 is 8.74 Å². The van der Waals surface area contributed by atoms with Gasteiger partial charge in [-0.3, -0.25) is 0 Å². The van der Waals surface area contributed by atoms with Gasteiger partial charge in [0.05, 0.1) is 15.8 Å². The van der Waals surface area contributed by atoms with Crippen LogP contribution in [0.5, 0.6) is 5.75 Å². The molecule has 0 aliphatic heterocycles. The molecule has 5 aromatic rings. The molecule has 9 heteroatoms. The zero-order valence-electron chi connectivity index (χ0n) is 34.1. The van der Waals surface area contributed by atoms with Crippen LogP contribution in [0.4, 0.5) is 0 Å². The number of rotatable bonds is 10. The van der Waals surface area contributed by atoms with Gasteiger partial charge >= 0.3 is 10.1 Å². The molecule has 0 amide bonds. The fraction of sp³-hybridized carbons (Fsp3) is 0.412. The van der Waals surface area contributed by atoms with Crippen LogP contribution in [-0.2, 0) is 47.4 Å². The fourth-order valence-electron chi connectivity index (χ4n) is 12.6. The van der Waals surface area contributed by atoms with Crippen LogP contribution in [-0.4, -0.2) is 21.4 Å². The molecule has 6 aliphatic carbocycles. The summed E-state index contributed by atoms with van der Waals surface area (Å²) in [6.45, 7) is 0. The van der Waals surface area contributed by atoms with Crippen molar-refractivity contribution in [3.05, 3.63) is 144 Å². The molecule has 6 aliphatic rings. The third-order valence-electron chi connectivity index (χ3n) is 15.6. The first-order chi connectivity index (χ1) is 28.9. The van der Waals surface area contributed by atoms with E-state index in [0.29, 0.717) is 16.7 Å². The number of hydrogen-bond donors (Lipinski definition) is 0. The fourth-order valence-corrected chi connectivity index (χ4v) is 16.7. The number of fused-ring (bicyclic) bond motifs is 6. The van der Waals surface area contributed by atoms with Crippen LogP contribution >= 0.6 is 0 Å². The lowest BCUT2D eigenvalue weighted by molar-refractivity contribution is 0.380. The van der Waals surface area contributed by atoms with Gasteiger partial charge in [0.15, 0.2) is 14.7 Å². The third-order valence-corrected chi connectivity index (χ3v) is 20.0. The highest BCUT2D eigenvalue weighted by molar-refractivity contribution is 7.97. The average Bonchev–Trinajstić information content (AvgIpc) is 4.15. The number of hydrogen-bond acceptors (Lipinski definition) is 6. The van der Waals surface area contributed by atoms with E-state index >= 15 is 0 Å². The monoisotopic (exact) mass is 858 g/mol. The van der Waals surface area contributed by atoms with Gasteiger partial charge in [-0.2, -0.15) is 8.42 Å². The Kier molecular flexibility index (Phi) is 10.4. The molecule has 6 bridgehead atoms. The highest BCUT2D eigenvalue weighted by Gasteiger charge is 2.55. The standard InChI is InChI=1S/C33H40O6S2.C18H15S/c34-40(35,36)27-3-1-26(2-4-27)39-41(37,38)30-28(32-13-7-23(20-32)8-14-32)17-25(31-11-5-22(19-31)6-12-31)18-29(30)33-15-9-24(21-33)10-16-33;1-4-10-16(11-5-1)19(17-12-6-2-7-13-17)18-14-8-3-9-15-18/h1-4,17-18,22-24H,5-16,19-21H2,(H,34,35,36);1-15H/q;+1/p-1. The summed E-state index contributed by atoms with van der Waals surface area (Å²) in [6.07, 6.45) is 17.1. The molecule has 0 radical (unpaired) electrons. The Morgan fingerprint density at radius 1 is 0.500 bits per heavy atom. The van der Waals surface area contributed by atoms with Gasteiger partial charge in [-0.1, -0.05) is 66.7 Å². The molecule has 0 spiro atoms. The second-order valence-corrected chi connectivity index (χ2v) is 23.8. The highest BCUT2D eigenvalue weighted by Crippen LogP contribution is 2.63. The van der Waals surface area contributed by atoms with Crippen LogP contribution in [0.15, 0.2) is 152 Å². The van der Waals surface area contributed by atoms with Gasteiger partial charge in [-0.05, 0) is 208 Å². The first kappa shape index (κ1) is 40.2. The van der Waals surface area contributed by atoms with Gasteiger partial charge in [-0.15, -0.1) is 0 Å². The van der Waals surface area contributed by atoms with Crippen LogP contribution in [0.2, 0.25) is 0 Å². The first-order valence-electron chi connectivity index (χ1n) is 22.0. The highest BCUT2D eigenvalue weighted by atomic mass is 32.2. The second kappa shape index (κ2) is 15.5. The Labute approximate surface area is 359 Å². The summed E-state index contributed by atoms with van der Waals surface area (Å²) in [4.78, 5) is 4.10. The molecule has 6 nitrogen and oxygen atoms in total. The maximum Gasteiger partial charge on any atom is 0.339 e. The number of benzene rings is 5. The summed E-state index contributed by atoms with van der Waals surface area (Å²) in [7, 11) is -8.89. The van der Waals surface area contributed by atoms with Crippen molar-refractivity contribution in [2.45, 2.75) is 137 Å². The summed E-state index contributed by atoms with van der Waals surface area (Å²) < 4.78 is 69.4. The van der Waals surface area contributed by atoms with Crippen molar-refractivity contribution in [3.8, 4) is 5.75 Å². The van der Waals surface area contributed by atoms with Crippen LogP contribution in [0.1, 0.15) is 113 Å². The van der Waals surface area contributed by atoms with E-state index in [1.165, 1.54) is 64.5 Å². The Balaban J connectivity index is 0.000000191. The molecule has 6 fully saturated rings. The van der Waals surface area contributed by atoms with E-state index in [9.17, 15) is 21.4 Å². The maximum atomic E-state index is 14.6. The zero-order valence-corrected chi connectivity index (χ0v) is 36.6. The molecule has 6 saturated carbocycles. The van der Waals surface area contributed by atoms with Crippen LogP contribution in [0.3, 0.4) is 0 Å². The van der Waals surface area contributed by atoms with E-state index in [4.69, 9.17) is 4.18 Å². The molecule has 0 N–H and O–H groups in total. The predicted molar refractivity (Wildman–Crippen MR) is 235 cm³/mol. The van der Waals surface area contributed by atoms with Gasteiger partial charge in [0.2, 0.25) is 0 Å². The van der Waals surface area contributed by atoms with E-state index in [-0.39, 0.29) is 32.9 Å². The van der Waals surface area contributed by atoms with Gasteiger partial charge in [0.25, 0.3) is 0 Å². The van der Waals surface area contributed by atoms with E-state index in [1.807, 2.05) is 0 Å². The van der Waals surface area contributed by atoms with Crippen LogP contribution in [0.25, 0.3) is 0 Å². The van der Waals surface area contributed by atoms with Crippen molar-refractivity contribution in [1.82, 2.24) is 0 Å². The lowest BCUT2D eigenvalue weighted by atomic mass is 9.68. The molecule has 0 atom stereocenters. The molecule has 0 aromatic heterocycles. The van der Waals surface area contributed by atoms with Crippen molar-refractivity contribution < 1.29 is 25.6 Å². The maximum absolute atomic E-state index is 14.6. The Morgan fingerprint density at radius 2 is 0.867 bits per heavy atom. The minimum Gasteiger partial charge on any atom is -0.744 e. The molecule has 0 saturated heterocycles. The normalized spacial score (nSPS) is 28.9. The largest absolute Gasteiger partial charge is 0.744 e. The minimum absolute atomic E-state index is 0.0146. The summed E-state index contributed by atoms with van der Waals surface area (Å²) in [6, 6.07) is 41.6. The summed E-state index contributed by atoms with van der Waals surface area (Å²) >= 11 is 0. The minimum atomic E-state index is -4.64. The lowest BCUT2D eigenvalue weighted by Gasteiger charge is -2.38. The van der Waals surface area contributed by atoms with Crippen molar-refractivity contribution in [2.75, 3.05) is 0 Å². The quantitative estimate of drug-likeness (QED) is 0.0788. The molecule has 0 unspecified atom stereocenters. The first-order valence-corrected chi connectivity index (χ1v) is 26.1. The Bertz CT molecular complexity index is 2410. The SMILES string of the molecule is O=S(=O)([O-])c1ccc(OS(=O)(=O)c2c(C34CCC(CC3)C4)cc(C34CCC(CC3)C4)cc2C23CCC(CC2)C3)cc1.c1ccc([S+](c2ccccc2)c2ccccc2)cc1. The third kappa shape index (κ3) is 7.35. The topological polar surface area (TPSA) is 101 Å². The van der Waals surface area contributed by atoms with Gasteiger partial charge in [-0.25, -0.2) is 8.42 Å². The Hall–Kier alpha value is -3.89. The van der Waals surface area contributed by atoms with Crippen LogP contribution < -0.4 is 4.18 Å². The van der Waals surface area contributed by atoms with Crippen molar-refractivity contribution in [1.29, 1.82) is 0 Å². The summed E-state index contributed by atoms with van der Waals surface area (Å²) in [5, 5.41) is 0. The smallest absolute Gasteiger partial charge is 0.339 e. The molecule has 312 valence electrons. The van der Waals surface area contributed by atoms with Gasteiger partial charge in [0.1, 0.15) is 20.8 Å². The summed E-state index contributed by atoms with van der Waals surface area (Å²) in [5.74, 6) is 2.17. The molecule has 60 heavy (non-hydrogen) atoms. The van der Waals surface area contributed by atoms with E-state index in [2.05, 4.69) is 103 Å². The average molecular weight is 859 g/mol. The molecule has 5 aromatic carbocycles. The second-order valence-electron chi connectivity index (χ2n) is 18.9. The van der Waals surface area contributed by atoms with E-state index < -0.39 is 25.1 Å². The molecule has 11 rings (SSSR count). The van der Waals surface area contributed by atoms with Crippen LogP contribution in [0, 0.1) is 17.8 Å². The van der Waals surface area contributed by atoms with Crippen molar-refractivity contribution in [3.63, 3.8) is 0 Å². The van der Waals surface area contributed by atoms with Crippen molar-refractivity contribution >= 4 is 31.1 Å². The molecular weight excluding hydrogens is 805 g/mol. The van der Waals surface area contributed by atoms with E-state index in [1.54, 1.807) is 0 Å². The predicted octanol–water partition coefficient (Wildman–Crippen LogP) is 11.6. The van der Waals surface area contributed by atoms with Gasteiger partial charge in [0, 0.05) is 0 Å². The van der Waals surface area contributed by atoms with Crippen molar-refractivity contribution in [2.24, 2.45) is 17.8 Å². The summed E-state index contributed by atoms with van der Waals surface area (Å²) in [5.41, 5.74) is 3.35. The molecular formula is C51H54O6S3. The Morgan fingerprint density at radius 3 is 1.20 bits per heavy atom. The lowest BCUT2D eigenvalue weighted by Crippen LogP contribution is -2.32. The van der Waals surface area contributed by atoms with E-state index in [0.717, 1.165) is 93.4 Å².